The molecule has 94 valence electrons. The van der Waals surface area contributed by atoms with Crippen LogP contribution in [0, 0.1) is 22.7 Å². The first kappa shape index (κ1) is 12.4. The van der Waals surface area contributed by atoms with Crippen LogP contribution in [0.1, 0.15) is 51.4 Å². The number of carbonyl (C=O) groups is 1. The Labute approximate surface area is 104 Å². The Hall–Kier alpha value is -1.04. The number of rotatable bonds is 4. The molecule has 17 heavy (non-hydrogen) atoms. The molecule has 0 unspecified atom stereocenters. The van der Waals surface area contributed by atoms with Crippen LogP contribution < -0.4 is 0 Å². The van der Waals surface area contributed by atoms with Crippen LogP contribution in [0.15, 0.2) is 0 Å². The van der Waals surface area contributed by atoms with Crippen LogP contribution in [0.2, 0.25) is 0 Å². The fourth-order valence-corrected chi connectivity index (χ4v) is 2.82. The highest BCUT2D eigenvalue weighted by Gasteiger charge is 2.51. The average molecular weight is 234 g/mol. The molecule has 1 amide bonds. The third kappa shape index (κ3) is 2.80. The van der Waals surface area contributed by atoms with Crippen LogP contribution in [-0.2, 0) is 4.79 Å². The van der Waals surface area contributed by atoms with Crippen molar-refractivity contribution in [2.45, 2.75) is 51.4 Å². The van der Waals surface area contributed by atoms with Gasteiger partial charge in [-0.05, 0) is 25.2 Å². The zero-order valence-corrected chi connectivity index (χ0v) is 10.7. The number of nitrogens with zero attached hydrogens (tertiary/aromatic N) is 2. The lowest BCUT2D eigenvalue weighted by atomic mass is 9.87. The molecule has 3 heteroatoms. The molecule has 0 aromatic rings. The second kappa shape index (κ2) is 5.08. The smallest absolute Gasteiger partial charge is 0.242 e. The van der Waals surface area contributed by atoms with Gasteiger partial charge >= 0.3 is 0 Å². The quantitative estimate of drug-likeness (QED) is 0.750. The predicted molar refractivity (Wildman–Crippen MR) is 66.1 cm³/mol. The first-order chi connectivity index (χ1) is 8.18. The van der Waals surface area contributed by atoms with E-state index in [9.17, 15) is 4.79 Å². The molecular weight excluding hydrogens is 212 g/mol. The molecular formula is C14H22N2O. The van der Waals surface area contributed by atoms with Crippen molar-refractivity contribution in [3.8, 4) is 6.07 Å². The summed E-state index contributed by atoms with van der Waals surface area (Å²) in [5.74, 6) is 0.854. The third-order valence-electron chi connectivity index (χ3n) is 4.32. The summed E-state index contributed by atoms with van der Waals surface area (Å²) in [7, 11) is 1.85. The molecule has 2 saturated carbocycles. The molecule has 0 N–H and O–H groups in total. The minimum absolute atomic E-state index is 0.0517. The molecule has 2 aliphatic carbocycles. The Morgan fingerprint density at radius 3 is 2.53 bits per heavy atom. The summed E-state index contributed by atoms with van der Waals surface area (Å²) >= 11 is 0. The van der Waals surface area contributed by atoms with E-state index in [-0.39, 0.29) is 5.91 Å². The zero-order valence-electron chi connectivity index (χ0n) is 10.7. The largest absolute Gasteiger partial charge is 0.344 e. The van der Waals surface area contributed by atoms with Crippen molar-refractivity contribution >= 4 is 5.91 Å². The van der Waals surface area contributed by atoms with E-state index in [1.165, 1.54) is 32.1 Å². The molecule has 2 fully saturated rings. The van der Waals surface area contributed by atoms with Gasteiger partial charge < -0.3 is 4.90 Å². The molecule has 0 spiro atoms. The van der Waals surface area contributed by atoms with Gasteiger partial charge in [0, 0.05) is 13.6 Å². The lowest BCUT2D eigenvalue weighted by Crippen LogP contribution is -2.35. The van der Waals surface area contributed by atoms with Crippen LogP contribution in [0.25, 0.3) is 0 Å². The van der Waals surface area contributed by atoms with Gasteiger partial charge in [0.05, 0.1) is 6.07 Å². The number of hydrogen-bond acceptors (Lipinski definition) is 2. The van der Waals surface area contributed by atoms with Crippen molar-refractivity contribution in [3.63, 3.8) is 0 Å². The van der Waals surface area contributed by atoms with Crippen LogP contribution in [0.4, 0.5) is 0 Å². The second-order valence-electron chi connectivity index (χ2n) is 5.71. The van der Waals surface area contributed by atoms with Crippen molar-refractivity contribution in [3.05, 3.63) is 0 Å². The van der Waals surface area contributed by atoms with Crippen LogP contribution in [0.3, 0.4) is 0 Å². The molecule has 2 rings (SSSR count). The van der Waals surface area contributed by atoms with Crippen molar-refractivity contribution < 1.29 is 4.79 Å². The first-order valence-corrected chi connectivity index (χ1v) is 6.85. The van der Waals surface area contributed by atoms with E-state index >= 15 is 0 Å². The van der Waals surface area contributed by atoms with Gasteiger partial charge in [-0.1, -0.05) is 32.1 Å². The maximum atomic E-state index is 12.0. The predicted octanol–water partition coefficient (Wildman–Crippen LogP) is 2.72. The monoisotopic (exact) mass is 234 g/mol. The Kier molecular flexibility index (Phi) is 3.71. The Morgan fingerprint density at radius 1 is 1.35 bits per heavy atom. The summed E-state index contributed by atoms with van der Waals surface area (Å²) in [5, 5.41) is 9.00. The van der Waals surface area contributed by atoms with Crippen LogP contribution >= 0.6 is 0 Å². The highest BCUT2D eigenvalue weighted by molar-refractivity contribution is 5.88. The van der Waals surface area contributed by atoms with E-state index in [4.69, 9.17) is 5.26 Å². The second-order valence-corrected chi connectivity index (χ2v) is 5.71. The maximum Gasteiger partial charge on any atom is 0.242 e. The zero-order chi connectivity index (χ0) is 12.3. The van der Waals surface area contributed by atoms with Crippen molar-refractivity contribution in [2.75, 3.05) is 13.6 Å². The van der Waals surface area contributed by atoms with Gasteiger partial charge in [0.1, 0.15) is 5.41 Å². The molecule has 0 aliphatic heterocycles. The molecule has 2 aliphatic rings. The normalized spacial score (nSPS) is 22.8. The lowest BCUT2D eigenvalue weighted by Gasteiger charge is -2.25. The van der Waals surface area contributed by atoms with E-state index in [0.29, 0.717) is 0 Å². The Morgan fingerprint density at radius 2 is 2.00 bits per heavy atom. The standard InChI is InChI=1S/C14H22N2O/c1-16(13(17)14(11-15)8-9-14)10-7-12-5-3-2-4-6-12/h12H,2-10H2,1H3. The van der Waals surface area contributed by atoms with Crippen LogP contribution in [-0.4, -0.2) is 24.4 Å². The first-order valence-electron chi connectivity index (χ1n) is 6.85. The minimum Gasteiger partial charge on any atom is -0.344 e. The van der Waals surface area contributed by atoms with Gasteiger partial charge in [-0.15, -0.1) is 0 Å². The molecule has 0 aromatic heterocycles. The van der Waals surface area contributed by atoms with Gasteiger partial charge in [-0.2, -0.15) is 5.26 Å². The minimum atomic E-state index is -0.638. The van der Waals surface area contributed by atoms with E-state index in [1.807, 2.05) is 7.05 Å². The molecule has 0 radical (unpaired) electrons. The highest BCUT2D eigenvalue weighted by atomic mass is 16.2. The Balaban J connectivity index is 1.75. The summed E-state index contributed by atoms with van der Waals surface area (Å²) in [5.41, 5.74) is -0.638. The van der Waals surface area contributed by atoms with E-state index in [0.717, 1.165) is 31.7 Å². The van der Waals surface area contributed by atoms with E-state index in [1.54, 1.807) is 4.90 Å². The summed E-state index contributed by atoms with van der Waals surface area (Å²) in [6, 6.07) is 2.18. The van der Waals surface area contributed by atoms with Crippen LogP contribution in [0.5, 0.6) is 0 Å². The number of hydrogen-bond donors (Lipinski definition) is 0. The van der Waals surface area contributed by atoms with Gasteiger partial charge in [0.2, 0.25) is 5.91 Å². The number of amides is 1. The topological polar surface area (TPSA) is 44.1 Å². The fraction of sp³-hybridized carbons (Fsp3) is 0.857. The van der Waals surface area contributed by atoms with Crippen molar-refractivity contribution in [2.24, 2.45) is 11.3 Å². The van der Waals surface area contributed by atoms with Gasteiger partial charge in [-0.25, -0.2) is 0 Å². The summed E-state index contributed by atoms with van der Waals surface area (Å²) in [4.78, 5) is 13.8. The maximum absolute atomic E-state index is 12.0. The fourth-order valence-electron chi connectivity index (χ4n) is 2.82. The Bertz CT molecular complexity index is 322. The van der Waals surface area contributed by atoms with Gasteiger partial charge in [0.25, 0.3) is 0 Å². The van der Waals surface area contributed by atoms with E-state index in [2.05, 4.69) is 6.07 Å². The van der Waals surface area contributed by atoms with Gasteiger partial charge in [0.15, 0.2) is 0 Å². The third-order valence-corrected chi connectivity index (χ3v) is 4.32. The van der Waals surface area contributed by atoms with Crippen molar-refractivity contribution in [1.82, 2.24) is 4.90 Å². The summed E-state index contributed by atoms with van der Waals surface area (Å²) in [6.07, 6.45) is 9.37. The molecule has 3 nitrogen and oxygen atoms in total. The average Bonchev–Trinajstić information content (AvgIpc) is 3.17. The number of carbonyl (C=O) groups excluding carboxylic acids is 1. The lowest BCUT2D eigenvalue weighted by molar-refractivity contribution is -0.133. The number of nitriles is 1. The van der Waals surface area contributed by atoms with E-state index < -0.39 is 5.41 Å². The molecule has 0 heterocycles. The molecule has 0 bridgehead atoms. The molecule has 0 aromatic carbocycles. The highest BCUT2D eigenvalue weighted by Crippen LogP contribution is 2.46. The molecule has 0 atom stereocenters. The summed E-state index contributed by atoms with van der Waals surface area (Å²) < 4.78 is 0. The van der Waals surface area contributed by atoms with Crippen molar-refractivity contribution in [1.29, 1.82) is 5.26 Å². The SMILES string of the molecule is CN(CCC1CCCCC1)C(=O)C1(C#N)CC1. The summed E-state index contributed by atoms with van der Waals surface area (Å²) in [6.45, 7) is 0.826. The molecule has 0 saturated heterocycles. The van der Waals surface area contributed by atoms with Gasteiger partial charge in [-0.3, -0.25) is 4.79 Å².